The maximum atomic E-state index is 13.4. The van der Waals surface area contributed by atoms with Gasteiger partial charge in [0.15, 0.2) is 0 Å². The van der Waals surface area contributed by atoms with Crippen LogP contribution in [0.25, 0.3) is 10.8 Å². The van der Waals surface area contributed by atoms with Crippen LogP contribution in [0.2, 0.25) is 0 Å². The Morgan fingerprint density at radius 1 is 1.03 bits per heavy atom. The highest BCUT2D eigenvalue weighted by molar-refractivity contribution is 7.89. The molecule has 2 heterocycles. The Kier molecular flexibility index (Phi) is 7.78. The summed E-state index contributed by atoms with van der Waals surface area (Å²) in [7, 11) is -0.684. The van der Waals surface area contributed by atoms with Crippen molar-refractivity contribution in [1.29, 1.82) is 0 Å². The van der Waals surface area contributed by atoms with Crippen LogP contribution < -0.4 is 20.5 Å². The molecule has 0 spiro atoms. The lowest BCUT2D eigenvalue weighted by atomic mass is 9.97. The van der Waals surface area contributed by atoms with Crippen LogP contribution in [0.15, 0.2) is 52.2 Å². The Morgan fingerprint density at radius 2 is 1.68 bits per heavy atom. The number of aromatic nitrogens is 1. The molecule has 38 heavy (non-hydrogen) atoms. The van der Waals surface area contributed by atoms with Gasteiger partial charge in [-0.15, -0.1) is 0 Å². The molecule has 0 saturated carbocycles. The zero-order valence-corrected chi connectivity index (χ0v) is 22.6. The molecular weight excluding hydrogens is 519 g/mol. The van der Waals surface area contributed by atoms with Crippen LogP contribution in [0.5, 0.6) is 0 Å². The van der Waals surface area contributed by atoms with E-state index in [4.69, 9.17) is 0 Å². The highest BCUT2D eigenvalue weighted by Crippen LogP contribution is 2.32. The first-order valence-corrected chi connectivity index (χ1v) is 13.8. The van der Waals surface area contributed by atoms with Crippen LogP contribution in [0, 0.1) is 6.92 Å². The highest BCUT2D eigenvalue weighted by atomic mass is 32.2. The first-order valence-electron chi connectivity index (χ1n) is 12.3. The van der Waals surface area contributed by atoms with Crippen molar-refractivity contribution in [3.63, 3.8) is 0 Å². The smallest absolute Gasteiger partial charge is 0.377 e. The SMILES string of the molecule is CNS(=O)(=O)c1ccccc1N[C@H](C)c1cc(C)cc2c(=O)n(C)c(N3CCN(CC(F)(F)F)CC3)cc12. The van der Waals surface area contributed by atoms with E-state index < -0.39 is 22.7 Å². The zero-order valence-electron chi connectivity index (χ0n) is 21.8. The van der Waals surface area contributed by atoms with Crippen molar-refractivity contribution in [2.75, 3.05) is 50.0 Å². The molecule has 1 atom stereocenters. The standard InChI is InChI=1S/C26H32F3N5O3S/c1-17-13-19(18(2)31-22-7-5-6-8-23(22)38(36,37)30-3)20-15-24(32(4)25(35)21(20)14-17)34-11-9-33(10-12-34)16-26(27,28)29/h5-8,13-15,18,30-31H,9-12,16H2,1-4H3/t18-/m1/s1. The Labute approximate surface area is 220 Å². The Bertz CT molecular complexity index is 1500. The van der Waals surface area contributed by atoms with Gasteiger partial charge >= 0.3 is 6.18 Å². The predicted molar refractivity (Wildman–Crippen MR) is 143 cm³/mol. The zero-order chi connectivity index (χ0) is 27.8. The Hall–Kier alpha value is -3.09. The van der Waals surface area contributed by atoms with E-state index in [0.29, 0.717) is 35.4 Å². The summed E-state index contributed by atoms with van der Waals surface area (Å²) in [4.78, 5) is 16.8. The molecule has 0 radical (unpaired) electrons. The maximum Gasteiger partial charge on any atom is 0.401 e. The summed E-state index contributed by atoms with van der Waals surface area (Å²) in [5.74, 6) is 0.629. The molecular formula is C26H32F3N5O3S. The number of piperazine rings is 1. The summed E-state index contributed by atoms with van der Waals surface area (Å²) >= 11 is 0. The second-order valence-electron chi connectivity index (χ2n) is 9.63. The van der Waals surface area contributed by atoms with Crippen LogP contribution in [0.4, 0.5) is 24.7 Å². The molecule has 0 bridgehead atoms. The molecule has 2 aromatic carbocycles. The van der Waals surface area contributed by atoms with Gasteiger partial charge in [0.1, 0.15) is 10.7 Å². The van der Waals surface area contributed by atoms with Crippen molar-refractivity contribution in [2.24, 2.45) is 7.05 Å². The lowest BCUT2D eigenvalue weighted by Gasteiger charge is -2.37. The largest absolute Gasteiger partial charge is 0.401 e. The molecule has 0 aliphatic carbocycles. The molecule has 1 aliphatic rings. The number of pyridine rings is 1. The molecule has 0 unspecified atom stereocenters. The molecule has 1 fully saturated rings. The average Bonchev–Trinajstić information content (AvgIpc) is 2.86. The number of halogens is 3. The van der Waals surface area contributed by atoms with Crippen LogP contribution in [-0.4, -0.2) is 63.8 Å². The number of alkyl halides is 3. The summed E-state index contributed by atoms with van der Waals surface area (Å²) in [5.41, 5.74) is 1.91. The number of nitrogens with zero attached hydrogens (tertiary/aromatic N) is 3. The molecule has 8 nitrogen and oxygen atoms in total. The maximum absolute atomic E-state index is 13.4. The molecule has 3 aromatic rings. The molecule has 4 rings (SSSR count). The number of aryl methyl sites for hydroxylation is 1. The normalized spacial score (nSPS) is 16.1. The Balaban J connectivity index is 1.72. The number of sulfonamides is 1. The fraction of sp³-hybridized carbons (Fsp3) is 0.423. The molecule has 1 saturated heterocycles. The van der Waals surface area contributed by atoms with E-state index in [1.54, 1.807) is 25.2 Å². The number of benzene rings is 2. The first-order chi connectivity index (χ1) is 17.8. The number of fused-ring (bicyclic) bond motifs is 1. The van der Waals surface area contributed by atoms with Gasteiger partial charge in [-0.25, -0.2) is 13.1 Å². The summed E-state index contributed by atoms with van der Waals surface area (Å²) in [6, 6.07) is 11.9. The molecule has 1 aromatic heterocycles. The lowest BCUT2D eigenvalue weighted by Crippen LogP contribution is -2.50. The van der Waals surface area contributed by atoms with Gasteiger partial charge in [-0.2, -0.15) is 13.2 Å². The van der Waals surface area contributed by atoms with Crippen molar-refractivity contribution in [3.05, 3.63) is 63.9 Å². The number of para-hydroxylation sites is 1. The van der Waals surface area contributed by atoms with Gasteiger partial charge in [0.2, 0.25) is 10.0 Å². The fourth-order valence-electron chi connectivity index (χ4n) is 4.97. The highest BCUT2D eigenvalue weighted by Gasteiger charge is 2.32. The average molecular weight is 552 g/mol. The minimum Gasteiger partial charge on any atom is -0.377 e. The van der Waals surface area contributed by atoms with Gasteiger partial charge in [0.25, 0.3) is 5.56 Å². The minimum atomic E-state index is -4.25. The number of hydrogen-bond acceptors (Lipinski definition) is 6. The van der Waals surface area contributed by atoms with E-state index in [1.165, 1.54) is 22.6 Å². The molecule has 0 amide bonds. The second-order valence-corrected chi connectivity index (χ2v) is 11.5. The topological polar surface area (TPSA) is 86.7 Å². The van der Waals surface area contributed by atoms with Gasteiger partial charge in [-0.05, 0) is 61.7 Å². The molecule has 12 heteroatoms. The third kappa shape index (κ3) is 5.82. The van der Waals surface area contributed by atoms with Gasteiger partial charge in [0.05, 0.1) is 12.2 Å². The number of anilines is 2. The number of rotatable bonds is 7. The van der Waals surface area contributed by atoms with E-state index >= 15 is 0 Å². The van der Waals surface area contributed by atoms with E-state index in [2.05, 4.69) is 10.0 Å². The number of hydrogen-bond donors (Lipinski definition) is 2. The summed E-state index contributed by atoms with van der Waals surface area (Å²) < 4.78 is 67.4. The van der Waals surface area contributed by atoms with Crippen LogP contribution >= 0.6 is 0 Å². The third-order valence-electron chi connectivity index (χ3n) is 6.89. The van der Waals surface area contributed by atoms with E-state index in [0.717, 1.165) is 11.1 Å². The van der Waals surface area contributed by atoms with Crippen molar-refractivity contribution < 1.29 is 21.6 Å². The van der Waals surface area contributed by atoms with Crippen molar-refractivity contribution >= 4 is 32.3 Å². The molecule has 1 aliphatic heterocycles. The molecule has 2 N–H and O–H groups in total. The lowest BCUT2D eigenvalue weighted by molar-refractivity contribution is -0.146. The van der Waals surface area contributed by atoms with E-state index in [1.807, 2.05) is 36.9 Å². The van der Waals surface area contributed by atoms with Crippen LogP contribution in [0.3, 0.4) is 0 Å². The Morgan fingerprint density at radius 3 is 2.32 bits per heavy atom. The third-order valence-corrected chi connectivity index (χ3v) is 8.36. The van der Waals surface area contributed by atoms with Crippen LogP contribution in [-0.2, 0) is 17.1 Å². The van der Waals surface area contributed by atoms with Crippen molar-refractivity contribution in [3.8, 4) is 0 Å². The fourth-order valence-corrected chi connectivity index (χ4v) is 5.86. The van der Waals surface area contributed by atoms with Gasteiger partial charge in [0, 0.05) is 44.7 Å². The van der Waals surface area contributed by atoms with E-state index in [9.17, 15) is 26.4 Å². The summed E-state index contributed by atoms with van der Waals surface area (Å²) in [5, 5.41) is 4.52. The molecule has 206 valence electrons. The predicted octanol–water partition coefficient (Wildman–Crippen LogP) is 3.61. The monoisotopic (exact) mass is 551 g/mol. The number of nitrogens with one attached hydrogen (secondary N) is 2. The van der Waals surface area contributed by atoms with Gasteiger partial charge < -0.3 is 10.2 Å². The van der Waals surface area contributed by atoms with Crippen LogP contribution in [0.1, 0.15) is 24.1 Å². The quantitative estimate of drug-likeness (QED) is 0.467. The first kappa shape index (κ1) is 27.9. The van der Waals surface area contributed by atoms with Crippen molar-refractivity contribution in [2.45, 2.75) is 31.0 Å². The van der Waals surface area contributed by atoms with Gasteiger partial charge in [-0.3, -0.25) is 14.3 Å². The van der Waals surface area contributed by atoms with Crippen molar-refractivity contribution in [1.82, 2.24) is 14.2 Å². The van der Waals surface area contributed by atoms with Gasteiger partial charge in [-0.1, -0.05) is 18.2 Å². The second kappa shape index (κ2) is 10.6. The minimum absolute atomic E-state index is 0.111. The summed E-state index contributed by atoms with van der Waals surface area (Å²) in [6.07, 6.45) is -4.25. The van der Waals surface area contributed by atoms with E-state index in [-0.39, 0.29) is 29.6 Å². The summed E-state index contributed by atoms with van der Waals surface area (Å²) in [6.45, 7) is 4.03.